The zero-order chi connectivity index (χ0) is 21.1. The van der Waals surface area contributed by atoms with Gasteiger partial charge in [0.15, 0.2) is 5.78 Å². The number of rotatable bonds is 4. The van der Waals surface area contributed by atoms with Crippen LogP contribution < -0.4 is 4.90 Å². The normalized spacial score (nSPS) is 21.2. The van der Waals surface area contributed by atoms with Crippen LogP contribution in [0.1, 0.15) is 25.1 Å². The summed E-state index contributed by atoms with van der Waals surface area (Å²) in [6.45, 7) is 8.93. The lowest BCUT2D eigenvalue weighted by Crippen LogP contribution is -2.47. The monoisotopic (exact) mass is 409 g/mol. The van der Waals surface area contributed by atoms with Crippen molar-refractivity contribution in [2.24, 2.45) is 5.41 Å². The molecular weight excluding hydrogens is 381 g/mol. The first kappa shape index (κ1) is 20.7. The molecular formula is C24H28FN3O2. The molecule has 0 atom stereocenters. The molecule has 1 aromatic heterocycles. The summed E-state index contributed by atoms with van der Waals surface area (Å²) < 4.78 is 18.7. The fourth-order valence-corrected chi connectivity index (χ4v) is 4.17. The summed E-state index contributed by atoms with van der Waals surface area (Å²) in [5.74, 6) is 0.842. The van der Waals surface area contributed by atoms with E-state index in [-0.39, 0.29) is 11.6 Å². The van der Waals surface area contributed by atoms with Crippen LogP contribution in [0.5, 0.6) is 0 Å². The standard InChI is InChI=1S/C24H28FN3O2/c1-24(2)17-27(15-18-6-8-20(25)9-7-18)16-19(23(24)29)14-21-4-3-5-22(26-21)28-10-12-30-13-11-28/h3-9,14H,10-13,15-17H2,1-2H3/b19-14-. The Morgan fingerprint density at radius 2 is 1.87 bits per heavy atom. The zero-order valence-electron chi connectivity index (χ0n) is 17.6. The van der Waals surface area contributed by atoms with Gasteiger partial charge >= 0.3 is 0 Å². The summed E-state index contributed by atoms with van der Waals surface area (Å²) in [7, 11) is 0. The first-order valence-corrected chi connectivity index (χ1v) is 10.4. The van der Waals surface area contributed by atoms with E-state index in [4.69, 9.17) is 9.72 Å². The van der Waals surface area contributed by atoms with Crippen LogP contribution >= 0.6 is 0 Å². The molecule has 4 rings (SSSR count). The molecule has 0 N–H and O–H groups in total. The highest BCUT2D eigenvalue weighted by molar-refractivity contribution is 6.04. The Morgan fingerprint density at radius 3 is 2.60 bits per heavy atom. The number of morpholine rings is 1. The number of carbonyl (C=O) groups excluding carboxylic acids is 1. The van der Waals surface area contributed by atoms with Crippen LogP contribution in [-0.4, -0.2) is 55.1 Å². The number of hydrogen-bond donors (Lipinski definition) is 0. The minimum Gasteiger partial charge on any atom is -0.378 e. The number of pyridine rings is 1. The molecule has 2 aliphatic heterocycles. The molecule has 0 unspecified atom stereocenters. The molecule has 0 spiro atoms. The lowest BCUT2D eigenvalue weighted by molar-refractivity contribution is -0.126. The van der Waals surface area contributed by atoms with E-state index in [1.807, 2.05) is 38.1 Å². The summed E-state index contributed by atoms with van der Waals surface area (Å²) in [6, 6.07) is 12.5. The van der Waals surface area contributed by atoms with E-state index in [0.29, 0.717) is 32.8 Å². The van der Waals surface area contributed by atoms with Crippen molar-refractivity contribution in [1.29, 1.82) is 0 Å². The number of Topliss-reactive ketones (excluding diaryl/α,β-unsaturated/α-hetero) is 1. The maximum Gasteiger partial charge on any atom is 0.167 e. The minimum atomic E-state index is -0.480. The lowest BCUT2D eigenvalue weighted by atomic mass is 9.79. The van der Waals surface area contributed by atoms with Crippen molar-refractivity contribution in [2.45, 2.75) is 20.4 Å². The Balaban J connectivity index is 1.56. The predicted octanol–water partition coefficient (Wildman–Crippen LogP) is 3.55. The fraction of sp³-hybridized carbons (Fsp3) is 0.417. The van der Waals surface area contributed by atoms with Crippen molar-refractivity contribution in [1.82, 2.24) is 9.88 Å². The minimum absolute atomic E-state index is 0.163. The number of ketones is 1. The number of ether oxygens (including phenoxy) is 1. The van der Waals surface area contributed by atoms with Crippen LogP contribution in [-0.2, 0) is 16.1 Å². The Morgan fingerprint density at radius 1 is 1.13 bits per heavy atom. The van der Waals surface area contributed by atoms with Gasteiger partial charge in [0.1, 0.15) is 11.6 Å². The highest BCUT2D eigenvalue weighted by Crippen LogP contribution is 2.30. The van der Waals surface area contributed by atoms with Crippen LogP contribution in [0.4, 0.5) is 10.2 Å². The van der Waals surface area contributed by atoms with Gasteiger partial charge in [0, 0.05) is 43.7 Å². The molecule has 3 heterocycles. The molecule has 30 heavy (non-hydrogen) atoms. The van der Waals surface area contributed by atoms with Gasteiger partial charge in [0.05, 0.1) is 18.9 Å². The average molecular weight is 410 g/mol. The van der Waals surface area contributed by atoms with Crippen molar-refractivity contribution in [3.63, 3.8) is 0 Å². The van der Waals surface area contributed by atoms with Gasteiger partial charge in [-0.1, -0.05) is 32.0 Å². The number of benzene rings is 1. The highest BCUT2D eigenvalue weighted by Gasteiger charge is 2.37. The molecule has 5 nitrogen and oxygen atoms in total. The summed E-state index contributed by atoms with van der Waals surface area (Å²) in [6.07, 6.45) is 1.92. The molecule has 6 heteroatoms. The molecule has 0 amide bonds. The van der Waals surface area contributed by atoms with Crippen LogP contribution in [0.15, 0.2) is 48.0 Å². The maximum absolute atomic E-state index is 13.2. The third kappa shape index (κ3) is 4.77. The third-order valence-corrected chi connectivity index (χ3v) is 5.65. The second kappa shape index (κ2) is 8.66. The van der Waals surface area contributed by atoms with Crippen LogP contribution in [0, 0.1) is 11.2 Å². The van der Waals surface area contributed by atoms with Gasteiger partial charge in [-0.15, -0.1) is 0 Å². The number of carbonyl (C=O) groups is 1. The van der Waals surface area contributed by atoms with E-state index < -0.39 is 5.41 Å². The first-order valence-electron chi connectivity index (χ1n) is 10.4. The molecule has 2 saturated heterocycles. The molecule has 0 saturated carbocycles. The Labute approximate surface area is 177 Å². The number of hydrogen-bond acceptors (Lipinski definition) is 5. The number of halogens is 1. The van der Waals surface area contributed by atoms with Gasteiger partial charge in [0.2, 0.25) is 0 Å². The smallest absolute Gasteiger partial charge is 0.167 e. The van der Waals surface area contributed by atoms with E-state index in [1.54, 1.807) is 12.1 Å². The largest absolute Gasteiger partial charge is 0.378 e. The number of piperidine rings is 1. The summed E-state index contributed by atoms with van der Waals surface area (Å²) in [5.41, 5.74) is 2.11. The lowest BCUT2D eigenvalue weighted by Gasteiger charge is -2.38. The molecule has 2 aliphatic rings. The van der Waals surface area contributed by atoms with Gasteiger partial charge in [-0.2, -0.15) is 0 Å². The van der Waals surface area contributed by atoms with Crippen molar-refractivity contribution < 1.29 is 13.9 Å². The van der Waals surface area contributed by atoms with Crippen LogP contribution in [0.25, 0.3) is 6.08 Å². The Kier molecular flexibility index (Phi) is 5.97. The van der Waals surface area contributed by atoms with Crippen LogP contribution in [0.3, 0.4) is 0 Å². The van der Waals surface area contributed by atoms with Crippen molar-refractivity contribution in [2.75, 3.05) is 44.3 Å². The van der Waals surface area contributed by atoms with Gasteiger partial charge in [-0.05, 0) is 35.9 Å². The summed E-state index contributed by atoms with van der Waals surface area (Å²) in [5, 5.41) is 0. The summed E-state index contributed by atoms with van der Waals surface area (Å²) in [4.78, 5) is 22.3. The van der Waals surface area contributed by atoms with E-state index in [2.05, 4.69) is 9.80 Å². The van der Waals surface area contributed by atoms with Gasteiger partial charge in [-0.3, -0.25) is 9.69 Å². The van der Waals surface area contributed by atoms with E-state index >= 15 is 0 Å². The second-order valence-electron chi connectivity index (χ2n) is 8.67. The summed E-state index contributed by atoms with van der Waals surface area (Å²) >= 11 is 0. The average Bonchev–Trinajstić information content (AvgIpc) is 2.74. The number of likely N-dealkylation sites (tertiary alicyclic amines) is 1. The van der Waals surface area contributed by atoms with Gasteiger partial charge < -0.3 is 9.64 Å². The van der Waals surface area contributed by atoms with Crippen molar-refractivity contribution >= 4 is 17.7 Å². The van der Waals surface area contributed by atoms with E-state index in [0.717, 1.165) is 35.7 Å². The molecule has 1 aromatic carbocycles. The number of nitrogens with zero attached hydrogens (tertiary/aromatic N) is 3. The molecule has 0 aliphatic carbocycles. The fourth-order valence-electron chi connectivity index (χ4n) is 4.17. The Bertz CT molecular complexity index is 934. The van der Waals surface area contributed by atoms with Gasteiger partial charge in [0.25, 0.3) is 0 Å². The maximum atomic E-state index is 13.2. The van der Waals surface area contributed by atoms with Crippen molar-refractivity contribution in [3.05, 3.63) is 65.1 Å². The molecule has 2 fully saturated rings. The first-order chi connectivity index (χ1) is 14.4. The molecule has 0 radical (unpaired) electrons. The topological polar surface area (TPSA) is 45.7 Å². The van der Waals surface area contributed by atoms with Crippen LogP contribution in [0.2, 0.25) is 0 Å². The van der Waals surface area contributed by atoms with E-state index in [9.17, 15) is 9.18 Å². The van der Waals surface area contributed by atoms with E-state index in [1.165, 1.54) is 12.1 Å². The number of anilines is 1. The second-order valence-corrected chi connectivity index (χ2v) is 8.67. The predicted molar refractivity (Wildman–Crippen MR) is 116 cm³/mol. The third-order valence-electron chi connectivity index (χ3n) is 5.65. The van der Waals surface area contributed by atoms with Gasteiger partial charge in [-0.25, -0.2) is 9.37 Å². The van der Waals surface area contributed by atoms with Crippen molar-refractivity contribution in [3.8, 4) is 0 Å². The SMILES string of the molecule is CC1(C)CN(Cc2ccc(F)cc2)C/C(=C/c2cccc(N3CCOCC3)n2)C1=O. The quantitative estimate of drug-likeness (QED) is 0.723. The molecule has 2 aromatic rings. The molecule has 158 valence electrons. The molecule has 0 bridgehead atoms. The Hall–Kier alpha value is -2.57. The zero-order valence-corrected chi connectivity index (χ0v) is 17.6. The number of aromatic nitrogens is 1. The highest BCUT2D eigenvalue weighted by atomic mass is 19.1.